The van der Waals surface area contributed by atoms with Crippen molar-refractivity contribution in [1.82, 2.24) is 15.0 Å². The second kappa shape index (κ2) is 3.70. The zero-order valence-corrected chi connectivity index (χ0v) is 5.90. The lowest BCUT2D eigenvalue weighted by Gasteiger charge is -1.95. The van der Waals surface area contributed by atoms with E-state index in [-0.39, 0.29) is 6.42 Å². The Balaban J connectivity index is 2.19. The minimum absolute atomic E-state index is 0.160. The maximum atomic E-state index is 10.1. The van der Waals surface area contributed by atoms with Crippen molar-refractivity contribution in [2.45, 2.75) is 19.4 Å². The molecule has 1 aromatic rings. The number of rotatable bonds is 4. The van der Waals surface area contributed by atoms with Crippen LogP contribution in [0.25, 0.3) is 0 Å². The third kappa shape index (κ3) is 2.79. The fourth-order valence-corrected chi connectivity index (χ4v) is 0.696. The van der Waals surface area contributed by atoms with Crippen LogP contribution in [0.2, 0.25) is 0 Å². The average molecular weight is 154 g/mol. The Morgan fingerprint density at radius 2 is 2.55 bits per heavy atom. The second-order valence-corrected chi connectivity index (χ2v) is 2.08. The highest BCUT2D eigenvalue weighted by Gasteiger charge is 1.97. The molecule has 0 aliphatic heterocycles. The molecule has 0 unspecified atom stereocenters. The minimum atomic E-state index is -0.787. The van der Waals surface area contributed by atoms with Gasteiger partial charge in [0.1, 0.15) is 6.20 Å². The summed E-state index contributed by atoms with van der Waals surface area (Å²) in [6, 6.07) is 0. The summed E-state index contributed by atoms with van der Waals surface area (Å²) in [5.74, 6) is -0.787. The van der Waals surface area contributed by atoms with Crippen LogP contribution in [0, 0.1) is 6.20 Å². The van der Waals surface area contributed by atoms with E-state index in [2.05, 4.69) is 16.5 Å². The number of aryl methyl sites for hydroxylation is 1. The maximum Gasteiger partial charge on any atom is 0.303 e. The van der Waals surface area contributed by atoms with Crippen molar-refractivity contribution >= 4 is 5.97 Å². The van der Waals surface area contributed by atoms with Crippen molar-refractivity contribution < 1.29 is 9.90 Å². The summed E-state index contributed by atoms with van der Waals surface area (Å²) in [4.78, 5) is 10.1. The van der Waals surface area contributed by atoms with Gasteiger partial charge in [-0.25, -0.2) is 4.68 Å². The third-order valence-electron chi connectivity index (χ3n) is 1.18. The molecule has 0 aliphatic carbocycles. The number of carboxylic acids is 1. The summed E-state index contributed by atoms with van der Waals surface area (Å²) in [7, 11) is 0. The van der Waals surface area contributed by atoms with E-state index >= 15 is 0 Å². The molecule has 0 saturated heterocycles. The van der Waals surface area contributed by atoms with E-state index in [4.69, 9.17) is 5.11 Å². The summed E-state index contributed by atoms with van der Waals surface area (Å²) in [5.41, 5.74) is 0. The van der Waals surface area contributed by atoms with Gasteiger partial charge in [0, 0.05) is 13.0 Å². The third-order valence-corrected chi connectivity index (χ3v) is 1.18. The summed E-state index contributed by atoms with van der Waals surface area (Å²) < 4.78 is 1.49. The van der Waals surface area contributed by atoms with Crippen LogP contribution in [0.1, 0.15) is 12.8 Å². The molecule has 1 N–H and O–H groups in total. The molecule has 1 radical (unpaired) electrons. The van der Waals surface area contributed by atoms with Crippen LogP contribution in [0.4, 0.5) is 0 Å². The largest absolute Gasteiger partial charge is 0.481 e. The van der Waals surface area contributed by atoms with Crippen LogP contribution in [-0.4, -0.2) is 26.1 Å². The Hall–Kier alpha value is -1.39. The smallest absolute Gasteiger partial charge is 0.303 e. The molecule has 0 amide bonds. The van der Waals surface area contributed by atoms with Crippen molar-refractivity contribution in [2.75, 3.05) is 0 Å². The molecular formula is C6H8N3O2. The van der Waals surface area contributed by atoms with Crippen LogP contribution in [-0.2, 0) is 11.3 Å². The predicted molar refractivity (Wildman–Crippen MR) is 35.7 cm³/mol. The highest BCUT2D eigenvalue weighted by molar-refractivity contribution is 5.66. The Labute approximate surface area is 63.6 Å². The molecule has 0 aromatic carbocycles. The zero-order chi connectivity index (χ0) is 8.10. The van der Waals surface area contributed by atoms with Crippen molar-refractivity contribution in [2.24, 2.45) is 0 Å². The van der Waals surface area contributed by atoms with Gasteiger partial charge in [-0.3, -0.25) is 4.79 Å². The first-order chi connectivity index (χ1) is 5.29. The first-order valence-electron chi connectivity index (χ1n) is 3.27. The topological polar surface area (TPSA) is 68.0 Å². The predicted octanol–water partition coefficient (Wildman–Crippen LogP) is -0.0569. The van der Waals surface area contributed by atoms with Crippen LogP contribution in [0.15, 0.2) is 6.20 Å². The number of carbonyl (C=O) groups is 1. The molecule has 0 aliphatic rings. The SMILES string of the molecule is O=C(O)CCCn1[c]cnn1. The van der Waals surface area contributed by atoms with Gasteiger partial charge in [-0.05, 0) is 6.42 Å². The average Bonchev–Trinajstić information content (AvgIpc) is 2.39. The Morgan fingerprint density at radius 3 is 3.09 bits per heavy atom. The van der Waals surface area contributed by atoms with Crippen LogP contribution >= 0.6 is 0 Å². The molecule has 0 bridgehead atoms. The molecule has 1 rings (SSSR count). The first-order valence-corrected chi connectivity index (χ1v) is 3.27. The summed E-state index contributed by atoms with van der Waals surface area (Å²) >= 11 is 0. The zero-order valence-electron chi connectivity index (χ0n) is 5.90. The number of carboxylic acid groups (broad SMARTS) is 1. The molecule has 5 nitrogen and oxygen atoms in total. The Bertz CT molecular complexity index is 220. The number of hydrogen-bond donors (Lipinski definition) is 1. The molecule has 0 atom stereocenters. The summed E-state index contributed by atoms with van der Waals surface area (Å²) in [6.07, 6.45) is 4.88. The first kappa shape index (κ1) is 7.71. The van der Waals surface area contributed by atoms with E-state index in [1.54, 1.807) is 0 Å². The molecule has 1 heterocycles. The second-order valence-electron chi connectivity index (χ2n) is 2.08. The van der Waals surface area contributed by atoms with E-state index in [0.29, 0.717) is 13.0 Å². The lowest BCUT2D eigenvalue weighted by molar-refractivity contribution is -0.137. The molecule has 5 heteroatoms. The maximum absolute atomic E-state index is 10.1. The van der Waals surface area contributed by atoms with E-state index in [1.165, 1.54) is 10.9 Å². The van der Waals surface area contributed by atoms with Gasteiger partial charge < -0.3 is 5.11 Å². The van der Waals surface area contributed by atoms with E-state index in [0.717, 1.165) is 0 Å². The standard InChI is InChI=1S/C6H8N3O2/c10-6(11)2-1-4-9-5-3-7-8-9/h3H,1-2,4H2,(H,10,11). The molecular weight excluding hydrogens is 146 g/mol. The van der Waals surface area contributed by atoms with Crippen molar-refractivity contribution in [3.63, 3.8) is 0 Å². The number of nitrogens with zero attached hydrogens (tertiary/aromatic N) is 3. The molecule has 1 aromatic heterocycles. The van der Waals surface area contributed by atoms with Gasteiger partial charge >= 0.3 is 5.97 Å². The number of aromatic nitrogens is 3. The Kier molecular flexibility index (Phi) is 2.59. The Morgan fingerprint density at radius 1 is 1.73 bits per heavy atom. The van der Waals surface area contributed by atoms with Crippen molar-refractivity contribution in [1.29, 1.82) is 0 Å². The summed E-state index contributed by atoms with van der Waals surface area (Å²) in [5, 5.41) is 15.4. The quantitative estimate of drug-likeness (QED) is 0.659. The molecule has 0 fully saturated rings. The lowest BCUT2D eigenvalue weighted by Crippen LogP contribution is -2.02. The summed E-state index contributed by atoms with van der Waals surface area (Å²) in [6.45, 7) is 0.562. The number of aliphatic carboxylic acids is 1. The molecule has 0 spiro atoms. The highest BCUT2D eigenvalue weighted by Crippen LogP contribution is 1.91. The van der Waals surface area contributed by atoms with Crippen LogP contribution in [0.3, 0.4) is 0 Å². The van der Waals surface area contributed by atoms with Crippen LogP contribution in [0.5, 0.6) is 0 Å². The highest BCUT2D eigenvalue weighted by atomic mass is 16.4. The van der Waals surface area contributed by atoms with Gasteiger partial charge in [0.25, 0.3) is 0 Å². The van der Waals surface area contributed by atoms with Gasteiger partial charge in [-0.15, -0.1) is 5.10 Å². The number of hydrogen-bond acceptors (Lipinski definition) is 3. The normalized spacial score (nSPS) is 9.82. The van der Waals surface area contributed by atoms with Gasteiger partial charge in [0.2, 0.25) is 0 Å². The van der Waals surface area contributed by atoms with E-state index < -0.39 is 5.97 Å². The minimum Gasteiger partial charge on any atom is -0.481 e. The van der Waals surface area contributed by atoms with Crippen LogP contribution < -0.4 is 0 Å². The van der Waals surface area contributed by atoms with E-state index in [9.17, 15) is 4.79 Å². The molecule has 0 saturated carbocycles. The van der Waals surface area contributed by atoms with Gasteiger partial charge in [0.15, 0.2) is 0 Å². The van der Waals surface area contributed by atoms with Gasteiger partial charge in [-0.1, -0.05) is 5.21 Å². The monoisotopic (exact) mass is 154 g/mol. The van der Waals surface area contributed by atoms with Gasteiger partial charge in [0.05, 0.1) is 6.20 Å². The fraction of sp³-hybridized carbons (Fsp3) is 0.500. The van der Waals surface area contributed by atoms with Crippen molar-refractivity contribution in [3.8, 4) is 0 Å². The van der Waals surface area contributed by atoms with Gasteiger partial charge in [-0.2, -0.15) is 0 Å². The molecule has 11 heavy (non-hydrogen) atoms. The molecule has 59 valence electrons. The van der Waals surface area contributed by atoms with Crippen molar-refractivity contribution in [3.05, 3.63) is 12.4 Å². The van der Waals surface area contributed by atoms with E-state index in [1.807, 2.05) is 0 Å². The fourth-order valence-electron chi connectivity index (χ4n) is 0.696. The lowest BCUT2D eigenvalue weighted by atomic mass is 10.3.